The first-order valence-electron chi connectivity index (χ1n) is 31.5. The van der Waals surface area contributed by atoms with Crippen LogP contribution in [0.1, 0.15) is 114 Å². The molecule has 9 fully saturated rings. The highest BCUT2D eigenvalue weighted by molar-refractivity contribution is 7.80. The molecule has 31 atom stereocenters. The van der Waals surface area contributed by atoms with E-state index in [1.165, 1.54) is 21.0 Å². The molecule has 0 aromatic rings. The fourth-order valence-corrected chi connectivity index (χ4v) is 18.2. The number of rotatable bonds is 19. The zero-order valence-corrected chi connectivity index (χ0v) is 53.6. The van der Waals surface area contributed by atoms with Gasteiger partial charge in [0.15, 0.2) is 31.5 Å². The topological polar surface area (TPSA) is 437 Å². The van der Waals surface area contributed by atoms with Crippen LogP contribution >= 0.6 is 0 Å². The highest BCUT2D eigenvalue weighted by Gasteiger charge is 2.80. The molecule has 10 rings (SSSR count). The fraction of sp³-hybridized carbons (Fsp3) is 0.917. The van der Waals surface area contributed by atoms with Crippen LogP contribution in [-0.4, -0.2) is 268 Å². The maximum Gasteiger partial charge on any atom is 0.397 e. The minimum atomic E-state index is -5.27. The van der Waals surface area contributed by atoms with E-state index in [9.17, 15) is 78.4 Å². The summed E-state index contributed by atoms with van der Waals surface area (Å²) in [5, 5.41) is 111. The molecule has 0 amide bonds. The number of allylic oxidation sites excluding steroid dienone is 2. The number of hydrogen-bond acceptors (Lipinski definition) is 29. The number of aliphatic hydroxyl groups excluding tert-OH is 10. The lowest BCUT2D eigenvalue weighted by atomic mass is 9.41. The van der Waals surface area contributed by atoms with Gasteiger partial charge in [0.1, 0.15) is 115 Å². The monoisotopic (exact) mass is 1330 g/mol. The molecule has 11 N–H and O–H groups in total. The van der Waals surface area contributed by atoms with Crippen molar-refractivity contribution >= 4 is 28.1 Å². The molecule has 4 aliphatic carbocycles. The van der Waals surface area contributed by atoms with Gasteiger partial charge in [-0.3, -0.25) is 18.9 Å². The second-order valence-electron chi connectivity index (χ2n) is 28.5. The minimum Gasteiger partial charge on any atom is -0.462 e. The quantitative estimate of drug-likeness (QED) is 0.0392. The van der Waals surface area contributed by atoms with Gasteiger partial charge in [-0.05, 0) is 81.0 Å². The molecule has 6 aliphatic heterocycles. The van der Waals surface area contributed by atoms with Gasteiger partial charge in [0.2, 0.25) is 0 Å². The van der Waals surface area contributed by atoms with Gasteiger partial charge in [0.05, 0.1) is 50.0 Å². The van der Waals surface area contributed by atoms with Crippen molar-refractivity contribution in [1.82, 2.24) is 0 Å². The maximum atomic E-state index is 14.8. The van der Waals surface area contributed by atoms with Crippen molar-refractivity contribution in [1.29, 1.82) is 0 Å². The molecule has 0 aromatic carbocycles. The highest BCUT2D eigenvalue weighted by Crippen LogP contribution is 2.77. The molecule has 6 heterocycles. The molecule has 520 valence electrons. The number of carbonyl (C=O) groups is 3. The van der Waals surface area contributed by atoms with Crippen LogP contribution in [0.15, 0.2) is 11.6 Å². The van der Waals surface area contributed by atoms with Gasteiger partial charge in [-0.15, -0.1) is 0 Å². The Morgan fingerprint density at radius 3 is 1.96 bits per heavy atom. The average Bonchev–Trinajstić information content (AvgIpc) is 1.52. The molecule has 10 aliphatic rings. The van der Waals surface area contributed by atoms with Gasteiger partial charge in [-0.1, -0.05) is 53.2 Å². The molecule has 0 aromatic heterocycles. The standard InChI is InChI=1S/C60H94O30S/c1-24(2)17-27(63)18-59(9)49-32(82-26(4)62)19-58(8)29-11-12-35-56(5,6)36(14-15-57(35,7)28(29)13-16-60(49,58)55(73)89-59)84-53-47(39(68)34(23-80-53)90-91(74,75)76)88-54-48(87-50-40(69)37(66)30(64)21-78-50)41(70)44(25(3)81-54)85-51-42(71)45(31(65)22-79-51)86-52-43(72)46(77-10)38(67)33(20-61)83-52/h11,24-25,28,30-54,61,64-72H,12-23H2,1-10H3,(H,74,75,76)/t25-,28-,30-,31-,32+,33-,34-,35+,36+,37+,38-,39+,40-,41+,42-,43-,44-,45+,46+,47-,48-,49-,50+,51+,52+,53+,54+,57-,58+,59+,60-/m1/s1. The van der Waals surface area contributed by atoms with Crippen molar-refractivity contribution in [2.24, 2.45) is 45.3 Å². The first kappa shape index (κ1) is 71.2. The van der Waals surface area contributed by atoms with Crippen LogP contribution in [0.5, 0.6) is 0 Å². The second-order valence-corrected chi connectivity index (χ2v) is 29.5. The molecule has 6 saturated heterocycles. The van der Waals surface area contributed by atoms with Crippen molar-refractivity contribution in [2.75, 3.05) is 33.5 Å². The van der Waals surface area contributed by atoms with Gasteiger partial charge >= 0.3 is 22.3 Å². The van der Waals surface area contributed by atoms with E-state index in [1.54, 1.807) is 6.92 Å². The molecule has 31 heteroatoms. The van der Waals surface area contributed by atoms with E-state index in [2.05, 4.69) is 19.9 Å². The Hall–Kier alpha value is -2.62. The van der Waals surface area contributed by atoms with Gasteiger partial charge in [-0.2, -0.15) is 8.42 Å². The number of fused-ring (bicyclic) bond motifs is 4. The number of esters is 2. The number of cyclic esters (lactones) is 1. The maximum absolute atomic E-state index is 14.8. The third-order valence-corrected chi connectivity index (χ3v) is 22.4. The summed E-state index contributed by atoms with van der Waals surface area (Å²) in [7, 11) is -4.09. The Labute approximate surface area is 527 Å². The summed E-state index contributed by atoms with van der Waals surface area (Å²) in [5.74, 6) is -1.64. The van der Waals surface area contributed by atoms with Gasteiger partial charge < -0.3 is 113 Å². The number of methoxy groups -OCH3 is 1. The van der Waals surface area contributed by atoms with Crippen LogP contribution < -0.4 is 0 Å². The van der Waals surface area contributed by atoms with Gasteiger partial charge in [-0.25, -0.2) is 4.18 Å². The van der Waals surface area contributed by atoms with E-state index in [0.717, 1.165) is 5.57 Å². The molecular weight excluding hydrogens is 1230 g/mol. The summed E-state index contributed by atoms with van der Waals surface area (Å²) in [5.41, 5.74) is -3.21. The van der Waals surface area contributed by atoms with E-state index in [-0.39, 0.29) is 30.0 Å². The summed E-state index contributed by atoms with van der Waals surface area (Å²) in [6, 6.07) is 0. The Morgan fingerprint density at radius 2 is 1.31 bits per heavy atom. The van der Waals surface area contributed by atoms with Crippen LogP contribution in [0.4, 0.5) is 0 Å². The van der Waals surface area contributed by atoms with Crippen LogP contribution in [0.2, 0.25) is 0 Å². The van der Waals surface area contributed by atoms with Crippen molar-refractivity contribution in [3.63, 3.8) is 0 Å². The summed E-state index contributed by atoms with van der Waals surface area (Å²) >= 11 is 0. The first-order valence-corrected chi connectivity index (χ1v) is 32.9. The number of Topliss-reactive ketones (excluding diaryl/α,β-unsaturated/α-hetero) is 1. The zero-order chi connectivity index (χ0) is 66.6. The average molecular weight is 1330 g/mol. The van der Waals surface area contributed by atoms with E-state index in [1.807, 2.05) is 27.7 Å². The Bertz CT molecular complexity index is 2760. The second kappa shape index (κ2) is 26.7. The fourth-order valence-electron chi connectivity index (χ4n) is 17.7. The summed E-state index contributed by atoms with van der Waals surface area (Å²) < 4.78 is 118. The molecule has 0 radical (unpaired) electrons. The van der Waals surface area contributed by atoms with Crippen molar-refractivity contribution in [2.45, 2.75) is 267 Å². The van der Waals surface area contributed by atoms with Crippen LogP contribution in [0.3, 0.4) is 0 Å². The Morgan fingerprint density at radius 1 is 0.692 bits per heavy atom. The number of carbonyl (C=O) groups excluding carboxylic acids is 3. The normalized spacial score (nSPS) is 49.8. The Balaban J connectivity index is 0.907. The minimum absolute atomic E-state index is 0.0103. The first-order chi connectivity index (χ1) is 42.5. The van der Waals surface area contributed by atoms with Crippen LogP contribution in [-0.2, 0) is 90.5 Å². The summed E-state index contributed by atoms with van der Waals surface area (Å²) in [6.07, 6.45) is -34.0. The third-order valence-electron chi connectivity index (χ3n) is 21.9. The van der Waals surface area contributed by atoms with E-state index in [0.29, 0.717) is 44.9 Å². The smallest absolute Gasteiger partial charge is 0.397 e. The Kier molecular flexibility index (Phi) is 20.8. The van der Waals surface area contributed by atoms with Crippen molar-refractivity contribution < 1.29 is 144 Å². The highest BCUT2D eigenvalue weighted by atomic mass is 32.3. The lowest BCUT2D eigenvalue weighted by Crippen LogP contribution is -2.67. The molecule has 0 unspecified atom stereocenters. The van der Waals surface area contributed by atoms with Crippen LogP contribution in [0.25, 0.3) is 0 Å². The van der Waals surface area contributed by atoms with E-state index < -0.39 is 229 Å². The van der Waals surface area contributed by atoms with Crippen molar-refractivity contribution in [3.05, 3.63) is 11.6 Å². The SMILES string of the molecule is CO[C@@H]1[C@@H](O)[C@H](O[C@@H]2[C@@H](O)[C@H](O[C@H]3[C@H](O)[C@@H](O[C@@H]4OC[C@@H](O)[C@H](O)[C@H]4O)[C@H](O[C@H]4[C@H](O[C@H]5CC[C@]6(C)[C@@H]7CC[C@]89C(=O)O[C@@](C)(CC(=O)CC(C)C)[C@H]8[C@@H](OC(C)=O)C[C@@]9(C)C7=CC[C@H]6C5(C)C)OC[C@@H](OS(=O)(=O)O)[C@@H]4O)O[C@@H]3C)OC[C@H]2O)O[C@H](CO)[C@H]1O. The van der Waals surface area contributed by atoms with Crippen LogP contribution in [0, 0.1) is 45.3 Å². The predicted molar refractivity (Wildman–Crippen MR) is 303 cm³/mol. The molecular formula is C60H94O30S. The summed E-state index contributed by atoms with van der Waals surface area (Å²) in [4.78, 5) is 41.2. The molecule has 91 heavy (non-hydrogen) atoms. The number of ketones is 1. The lowest BCUT2D eigenvalue weighted by molar-refractivity contribution is -0.399. The van der Waals surface area contributed by atoms with Gasteiger partial charge in [0.25, 0.3) is 0 Å². The number of ether oxygens (including phenoxy) is 13. The molecule has 0 bridgehead atoms. The van der Waals surface area contributed by atoms with E-state index >= 15 is 0 Å². The predicted octanol–water partition coefficient (Wildman–Crippen LogP) is -1.66. The zero-order valence-electron chi connectivity index (χ0n) is 52.8. The number of aliphatic hydroxyl groups is 10. The van der Waals surface area contributed by atoms with Crippen molar-refractivity contribution in [3.8, 4) is 0 Å². The molecule has 1 spiro atoms. The number of hydrogen-bond donors (Lipinski definition) is 11. The molecule has 30 nitrogen and oxygen atoms in total. The lowest BCUT2D eigenvalue weighted by Gasteiger charge is -2.64. The third kappa shape index (κ3) is 12.9. The molecule has 3 saturated carbocycles. The van der Waals surface area contributed by atoms with Gasteiger partial charge in [0, 0.05) is 32.3 Å². The summed E-state index contributed by atoms with van der Waals surface area (Å²) in [6.45, 7) is 14.2. The van der Waals surface area contributed by atoms with E-state index in [4.69, 9.17) is 65.8 Å². The largest absolute Gasteiger partial charge is 0.462 e.